The van der Waals surface area contributed by atoms with Crippen LogP contribution >= 0.6 is 0 Å². The summed E-state index contributed by atoms with van der Waals surface area (Å²) in [4.78, 5) is 0. The first-order valence-corrected chi connectivity index (χ1v) is 8.64. The number of ether oxygens (including phenoxy) is 1. The van der Waals surface area contributed by atoms with Crippen LogP contribution in [-0.4, -0.2) is 6.36 Å². The Hall–Kier alpha value is -1.59. The van der Waals surface area contributed by atoms with E-state index in [1.165, 1.54) is 0 Å². The van der Waals surface area contributed by atoms with Crippen LogP contribution in [0.25, 0.3) is 0 Å². The second-order valence-electron chi connectivity index (χ2n) is 7.20. The summed E-state index contributed by atoms with van der Waals surface area (Å²) in [6, 6.07) is 1.98. The van der Waals surface area contributed by atoms with Crippen molar-refractivity contribution in [1.29, 1.82) is 0 Å². The van der Waals surface area contributed by atoms with E-state index < -0.39 is 23.7 Å². The van der Waals surface area contributed by atoms with E-state index in [1.54, 1.807) is 0 Å². The maximum Gasteiger partial charge on any atom is 0.573 e. The summed E-state index contributed by atoms with van der Waals surface area (Å²) >= 11 is 0. The molecule has 0 spiro atoms. The quantitative estimate of drug-likeness (QED) is 0.451. The third-order valence-electron chi connectivity index (χ3n) is 5.70. The van der Waals surface area contributed by atoms with E-state index in [0.717, 1.165) is 50.7 Å². The van der Waals surface area contributed by atoms with Gasteiger partial charge in [-0.1, -0.05) is 6.08 Å². The average Bonchev–Trinajstić information content (AvgIpc) is 2.56. The molecule has 2 aliphatic carbocycles. The van der Waals surface area contributed by atoms with E-state index in [2.05, 4.69) is 11.3 Å². The molecule has 0 aliphatic heterocycles. The van der Waals surface area contributed by atoms with E-state index in [9.17, 15) is 22.0 Å². The fourth-order valence-corrected chi connectivity index (χ4v) is 4.47. The van der Waals surface area contributed by atoms with Crippen LogP contribution in [0.3, 0.4) is 0 Å². The minimum Gasteiger partial charge on any atom is -0.399 e. The topological polar surface area (TPSA) is 9.23 Å². The Kier molecular flexibility index (Phi) is 5.07. The summed E-state index contributed by atoms with van der Waals surface area (Å²) < 4.78 is 68.1. The number of allylic oxidation sites excluding steroid dienone is 1. The highest BCUT2D eigenvalue weighted by Crippen LogP contribution is 2.48. The summed E-state index contributed by atoms with van der Waals surface area (Å²) in [7, 11) is 0. The van der Waals surface area contributed by atoms with Crippen LogP contribution in [0.4, 0.5) is 22.0 Å². The fraction of sp³-hybridized carbons (Fsp3) is 0.579. The molecule has 0 heterocycles. The van der Waals surface area contributed by atoms with Crippen LogP contribution in [0.5, 0.6) is 5.75 Å². The maximum atomic E-state index is 14.0. The van der Waals surface area contributed by atoms with Gasteiger partial charge in [-0.3, -0.25) is 0 Å². The standard InChI is InChI=1S/C19H21F5O/c1-2-11-3-4-13-8-14(6-5-12(13)7-11)15-9-16(20)18(17(21)10-15)25-19(22,23)24/h2,9-14H,1,3-8H2/t11-,12-,13-,14?/m1/s1. The summed E-state index contributed by atoms with van der Waals surface area (Å²) in [5.74, 6) is -2.34. The number of fused-ring (bicyclic) bond motifs is 1. The molecule has 2 fully saturated rings. The second-order valence-corrected chi connectivity index (χ2v) is 7.20. The lowest BCUT2D eigenvalue weighted by Gasteiger charge is -2.41. The van der Waals surface area contributed by atoms with Crippen LogP contribution < -0.4 is 4.74 Å². The lowest BCUT2D eigenvalue weighted by molar-refractivity contribution is -0.276. The zero-order chi connectivity index (χ0) is 18.2. The van der Waals surface area contributed by atoms with Crippen LogP contribution in [-0.2, 0) is 0 Å². The normalized spacial score (nSPS) is 29.8. The first kappa shape index (κ1) is 18.2. The summed E-state index contributed by atoms with van der Waals surface area (Å²) in [6.07, 6.45) is 2.75. The Morgan fingerprint density at radius 3 is 2.16 bits per heavy atom. The highest BCUT2D eigenvalue weighted by atomic mass is 19.4. The average molecular weight is 360 g/mol. The molecule has 0 radical (unpaired) electrons. The van der Waals surface area contributed by atoms with Crippen molar-refractivity contribution in [2.24, 2.45) is 17.8 Å². The Balaban J connectivity index is 1.74. The van der Waals surface area contributed by atoms with Crippen LogP contribution in [0.1, 0.15) is 50.0 Å². The third-order valence-corrected chi connectivity index (χ3v) is 5.70. The van der Waals surface area contributed by atoms with Crippen molar-refractivity contribution in [3.05, 3.63) is 42.0 Å². The number of hydrogen-bond donors (Lipinski definition) is 0. The Morgan fingerprint density at radius 1 is 0.960 bits per heavy atom. The summed E-state index contributed by atoms with van der Waals surface area (Å²) in [6.45, 7) is 3.86. The molecule has 1 nitrogen and oxygen atoms in total. The van der Waals surface area contributed by atoms with Crippen molar-refractivity contribution in [2.75, 3.05) is 0 Å². The van der Waals surface area contributed by atoms with Gasteiger partial charge in [0.25, 0.3) is 0 Å². The molecule has 0 bridgehead atoms. The van der Waals surface area contributed by atoms with Gasteiger partial charge in [-0.2, -0.15) is 0 Å². The van der Waals surface area contributed by atoms with Gasteiger partial charge < -0.3 is 4.74 Å². The maximum absolute atomic E-state index is 14.0. The van der Waals surface area contributed by atoms with E-state index in [4.69, 9.17) is 0 Å². The SMILES string of the molecule is C=C[C@@H]1CC[C@@H]2CC(c3cc(F)c(OC(F)(F)F)c(F)c3)CC[C@@H]2C1. The number of rotatable bonds is 3. The second kappa shape index (κ2) is 6.96. The van der Waals surface area contributed by atoms with Gasteiger partial charge in [0.2, 0.25) is 5.75 Å². The molecule has 2 saturated carbocycles. The zero-order valence-electron chi connectivity index (χ0n) is 13.8. The molecule has 1 aromatic rings. The molecule has 0 saturated heterocycles. The Morgan fingerprint density at radius 2 is 1.56 bits per heavy atom. The third kappa shape index (κ3) is 4.15. The van der Waals surface area contributed by atoms with E-state index in [0.29, 0.717) is 23.3 Å². The highest BCUT2D eigenvalue weighted by molar-refractivity contribution is 5.33. The number of alkyl halides is 3. The highest BCUT2D eigenvalue weighted by Gasteiger charge is 2.37. The first-order valence-electron chi connectivity index (χ1n) is 8.64. The molecule has 6 heteroatoms. The van der Waals surface area contributed by atoms with Gasteiger partial charge in [0, 0.05) is 0 Å². The zero-order valence-corrected chi connectivity index (χ0v) is 13.8. The number of halogens is 5. The van der Waals surface area contributed by atoms with E-state index >= 15 is 0 Å². The minimum atomic E-state index is -5.12. The van der Waals surface area contributed by atoms with Crippen molar-refractivity contribution in [1.82, 2.24) is 0 Å². The molecule has 0 aromatic heterocycles. The lowest BCUT2D eigenvalue weighted by Crippen LogP contribution is -2.30. The molecule has 0 N–H and O–H groups in total. The molecule has 3 rings (SSSR count). The van der Waals surface area contributed by atoms with Gasteiger partial charge >= 0.3 is 6.36 Å². The van der Waals surface area contributed by atoms with Gasteiger partial charge in [-0.25, -0.2) is 8.78 Å². The van der Waals surface area contributed by atoms with Gasteiger partial charge in [0.05, 0.1) is 0 Å². The van der Waals surface area contributed by atoms with Gasteiger partial charge in [0.15, 0.2) is 11.6 Å². The number of benzene rings is 1. The first-order chi connectivity index (χ1) is 11.8. The molecular weight excluding hydrogens is 339 g/mol. The summed E-state index contributed by atoms with van der Waals surface area (Å²) in [5, 5.41) is 0. The van der Waals surface area contributed by atoms with Crippen LogP contribution in [0.2, 0.25) is 0 Å². The molecule has 138 valence electrons. The van der Waals surface area contributed by atoms with Crippen molar-refractivity contribution >= 4 is 0 Å². The van der Waals surface area contributed by atoms with E-state index in [-0.39, 0.29) is 5.92 Å². The van der Waals surface area contributed by atoms with Crippen LogP contribution in [0.15, 0.2) is 24.8 Å². The van der Waals surface area contributed by atoms with Crippen molar-refractivity contribution in [2.45, 2.75) is 50.8 Å². The monoisotopic (exact) mass is 360 g/mol. The lowest BCUT2D eigenvalue weighted by atomic mass is 9.64. The summed E-state index contributed by atoms with van der Waals surface area (Å²) in [5.41, 5.74) is 0.425. The van der Waals surface area contributed by atoms with E-state index in [1.807, 2.05) is 6.08 Å². The fourth-order valence-electron chi connectivity index (χ4n) is 4.47. The van der Waals surface area contributed by atoms with Gasteiger partial charge in [0.1, 0.15) is 0 Å². The Bertz CT molecular complexity index is 616. The predicted octanol–water partition coefficient (Wildman–Crippen LogP) is 6.35. The van der Waals surface area contributed by atoms with Crippen LogP contribution in [0, 0.1) is 29.4 Å². The van der Waals surface area contributed by atoms with Crippen molar-refractivity contribution < 1.29 is 26.7 Å². The molecule has 4 atom stereocenters. The molecule has 1 unspecified atom stereocenters. The largest absolute Gasteiger partial charge is 0.573 e. The molecule has 2 aliphatic rings. The van der Waals surface area contributed by atoms with Crippen molar-refractivity contribution in [3.8, 4) is 5.75 Å². The van der Waals surface area contributed by atoms with Gasteiger partial charge in [-0.05, 0) is 79.9 Å². The molecular formula is C19H21F5O. The molecule has 1 aromatic carbocycles. The predicted molar refractivity (Wildman–Crippen MR) is 84.2 cm³/mol. The van der Waals surface area contributed by atoms with Crippen molar-refractivity contribution in [3.63, 3.8) is 0 Å². The number of hydrogen-bond acceptors (Lipinski definition) is 1. The Labute approximate surface area is 143 Å². The van der Waals surface area contributed by atoms with Gasteiger partial charge in [-0.15, -0.1) is 19.8 Å². The molecule has 25 heavy (non-hydrogen) atoms. The minimum absolute atomic E-state index is 0.0227. The molecule has 0 amide bonds. The smallest absolute Gasteiger partial charge is 0.399 e.